The van der Waals surface area contributed by atoms with E-state index in [0.29, 0.717) is 0 Å². The van der Waals surface area contributed by atoms with Crippen molar-refractivity contribution < 1.29 is 0 Å². The molecule has 0 heterocycles. The molecular weight excluding hydrogens is 757 g/mol. The van der Waals surface area contributed by atoms with Crippen molar-refractivity contribution in [1.29, 1.82) is 0 Å². The van der Waals surface area contributed by atoms with Gasteiger partial charge in [-0.15, -0.1) is 0 Å². The summed E-state index contributed by atoms with van der Waals surface area (Å²) in [6.45, 7) is 0. The molecule has 2 aliphatic rings. The van der Waals surface area contributed by atoms with Crippen LogP contribution in [0.4, 0.5) is 0 Å². The van der Waals surface area contributed by atoms with E-state index in [-0.39, 0.29) is 0 Å². The van der Waals surface area contributed by atoms with Gasteiger partial charge < -0.3 is 0 Å². The maximum absolute atomic E-state index is 2.61. The first-order chi connectivity index (χ1) is 31.3. The zero-order valence-corrected chi connectivity index (χ0v) is 34.4. The number of fused-ring (bicyclic) bond motifs is 16. The normalized spacial score (nSPS) is 13.2. The van der Waals surface area contributed by atoms with Crippen LogP contribution in [-0.4, -0.2) is 0 Å². The molecule has 0 bridgehead atoms. The van der Waals surface area contributed by atoms with Gasteiger partial charge in [-0.25, -0.2) is 0 Å². The Bertz CT molecular complexity index is 3790. The predicted octanol–water partition coefficient (Wildman–Crippen LogP) is 16.8. The zero-order valence-electron chi connectivity index (χ0n) is 34.4. The van der Waals surface area contributed by atoms with Gasteiger partial charge in [-0.3, -0.25) is 0 Å². The molecule has 2 aliphatic carbocycles. The fourth-order valence-electron chi connectivity index (χ4n) is 11.9. The first-order valence-electron chi connectivity index (χ1n) is 22.1. The van der Waals surface area contributed by atoms with E-state index < -0.39 is 5.41 Å². The van der Waals surface area contributed by atoms with E-state index in [0.717, 1.165) is 0 Å². The van der Waals surface area contributed by atoms with Crippen LogP contribution in [0.25, 0.3) is 109 Å². The number of hydrogen-bond acceptors (Lipinski definition) is 0. The molecule has 0 fully saturated rings. The van der Waals surface area contributed by atoms with Crippen LogP contribution >= 0.6 is 0 Å². The maximum Gasteiger partial charge on any atom is 0.0726 e. The van der Waals surface area contributed by atoms with Gasteiger partial charge in [-0.2, -0.15) is 0 Å². The van der Waals surface area contributed by atoms with Crippen molar-refractivity contribution >= 4 is 53.9 Å². The van der Waals surface area contributed by atoms with Gasteiger partial charge in [-0.05, 0) is 150 Å². The third-order valence-electron chi connectivity index (χ3n) is 14.4. The fourth-order valence-corrected chi connectivity index (χ4v) is 11.9. The number of hydrogen-bond donors (Lipinski definition) is 0. The van der Waals surface area contributed by atoms with Crippen LogP contribution in [-0.2, 0) is 5.41 Å². The van der Waals surface area contributed by atoms with Gasteiger partial charge >= 0.3 is 0 Å². The molecule has 14 rings (SSSR count). The van der Waals surface area contributed by atoms with Crippen molar-refractivity contribution in [1.82, 2.24) is 0 Å². The van der Waals surface area contributed by atoms with Crippen LogP contribution in [0, 0.1) is 0 Å². The topological polar surface area (TPSA) is 0 Å². The summed E-state index contributed by atoms with van der Waals surface area (Å²) >= 11 is 0. The Morgan fingerprint density at radius 3 is 1.29 bits per heavy atom. The van der Waals surface area contributed by atoms with Crippen molar-refractivity contribution in [2.24, 2.45) is 0 Å². The molecule has 290 valence electrons. The van der Waals surface area contributed by atoms with Crippen molar-refractivity contribution in [2.45, 2.75) is 5.41 Å². The molecule has 0 saturated heterocycles. The van der Waals surface area contributed by atoms with E-state index in [1.165, 1.54) is 132 Å². The van der Waals surface area contributed by atoms with E-state index in [9.17, 15) is 0 Å². The summed E-state index contributed by atoms with van der Waals surface area (Å²) < 4.78 is 0. The minimum Gasteiger partial charge on any atom is -0.0619 e. The van der Waals surface area contributed by atoms with Crippen molar-refractivity contribution in [3.05, 3.63) is 253 Å². The third-order valence-corrected chi connectivity index (χ3v) is 14.4. The number of rotatable bonds is 3. The molecule has 0 nitrogen and oxygen atoms in total. The van der Waals surface area contributed by atoms with Crippen molar-refractivity contribution in [3.8, 4) is 55.6 Å². The summed E-state index contributed by atoms with van der Waals surface area (Å²) in [5, 5.41) is 12.7. The Hall–Kier alpha value is -8.06. The molecule has 12 aromatic rings. The SMILES string of the molecule is c1ccc2c(c1)-c1ccccc1C21c2cc3ccccc3cc2-c2c1cc(-c1c3ccccc3c(-c3ccc(-c4cccc5ccccc45)cc3)c3ccccc13)c1ccccc21. The standard InChI is InChI=1S/C63H38/c1-2-18-43-37-58-55(36-42(43)17-1)62-49-24-6-5-21-46(49)54(38-59(62)63(58)56-30-13-11-22-47(56)48-23-12-14-31-57(48)63)61-52-27-9-7-25-50(52)60(51-26-8-10-28-53(51)61)41-34-32-40(33-35-41)45-29-15-19-39-16-3-4-20-44(39)45/h1-38H. The van der Waals surface area contributed by atoms with Crippen molar-refractivity contribution in [3.63, 3.8) is 0 Å². The Balaban J connectivity index is 1.08. The molecule has 0 N–H and O–H groups in total. The summed E-state index contributed by atoms with van der Waals surface area (Å²) in [7, 11) is 0. The quantitative estimate of drug-likeness (QED) is 0.156. The summed E-state index contributed by atoms with van der Waals surface area (Å²) in [5.74, 6) is 0. The first kappa shape index (κ1) is 34.6. The van der Waals surface area contributed by atoms with Gasteiger partial charge in [-0.1, -0.05) is 212 Å². The number of benzene rings is 12. The molecule has 0 aromatic heterocycles. The third kappa shape index (κ3) is 4.65. The smallest absolute Gasteiger partial charge is 0.0619 e. The molecule has 0 amide bonds. The van der Waals surface area contributed by atoms with Gasteiger partial charge in [0.25, 0.3) is 0 Å². The Morgan fingerprint density at radius 1 is 0.206 bits per heavy atom. The van der Waals surface area contributed by atoms with Crippen molar-refractivity contribution in [2.75, 3.05) is 0 Å². The molecule has 0 aliphatic heterocycles. The van der Waals surface area contributed by atoms with Gasteiger partial charge in [0.05, 0.1) is 5.41 Å². The Labute approximate surface area is 366 Å². The zero-order chi connectivity index (χ0) is 41.2. The van der Waals surface area contributed by atoms with Gasteiger partial charge in [0.2, 0.25) is 0 Å². The van der Waals surface area contributed by atoms with Gasteiger partial charge in [0, 0.05) is 0 Å². The predicted molar refractivity (Wildman–Crippen MR) is 267 cm³/mol. The lowest BCUT2D eigenvalue weighted by atomic mass is 9.69. The second kappa shape index (κ2) is 13.0. The highest BCUT2D eigenvalue weighted by Gasteiger charge is 2.52. The Morgan fingerprint density at radius 2 is 0.651 bits per heavy atom. The van der Waals surface area contributed by atoms with E-state index in [1.54, 1.807) is 0 Å². The molecule has 0 saturated carbocycles. The fraction of sp³-hybridized carbons (Fsp3) is 0.0159. The van der Waals surface area contributed by atoms with Crippen LogP contribution in [0.2, 0.25) is 0 Å². The highest BCUT2D eigenvalue weighted by Crippen LogP contribution is 2.65. The molecule has 0 heteroatoms. The van der Waals surface area contributed by atoms with Gasteiger partial charge in [0.15, 0.2) is 0 Å². The van der Waals surface area contributed by atoms with E-state index in [4.69, 9.17) is 0 Å². The molecule has 0 atom stereocenters. The molecule has 63 heavy (non-hydrogen) atoms. The first-order valence-corrected chi connectivity index (χ1v) is 22.1. The summed E-state index contributed by atoms with van der Waals surface area (Å²) in [6.07, 6.45) is 0. The lowest BCUT2D eigenvalue weighted by molar-refractivity contribution is 0.796. The van der Waals surface area contributed by atoms with Crippen LogP contribution in [0.3, 0.4) is 0 Å². The average Bonchev–Trinajstić information content (AvgIpc) is 3.81. The second-order valence-electron chi connectivity index (χ2n) is 17.4. The molecule has 1 spiro atoms. The molecule has 12 aromatic carbocycles. The highest BCUT2D eigenvalue weighted by molar-refractivity contribution is 6.25. The monoisotopic (exact) mass is 794 g/mol. The summed E-state index contributed by atoms with van der Waals surface area (Å²) in [6, 6.07) is 86.8. The van der Waals surface area contributed by atoms with E-state index >= 15 is 0 Å². The molecule has 0 unspecified atom stereocenters. The van der Waals surface area contributed by atoms with Crippen LogP contribution in [0.15, 0.2) is 231 Å². The minimum atomic E-state index is -0.488. The van der Waals surface area contributed by atoms with E-state index in [2.05, 4.69) is 231 Å². The van der Waals surface area contributed by atoms with Crippen LogP contribution in [0.1, 0.15) is 22.3 Å². The largest absolute Gasteiger partial charge is 0.0726 e. The molecular formula is C63H38. The second-order valence-corrected chi connectivity index (χ2v) is 17.4. The Kier molecular flexibility index (Phi) is 7.13. The van der Waals surface area contributed by atoms with Crippen LogP contribution in [0.5, 0.6) is 0 Å². The van der Waals surface area contributed by atoms with Crippen LogP contribution < -0.4 is 0 Å². The van der Waals surface area contributed by atoms with Gasteiger partial charge in [0.1, 0.15) is 0 Å². The average molecular weight is 795 g/mol. The minimum absolute atomic E-state index is 0.488. The summed E-state index contributed by atoms with van der Waals surface area (Å²) in [4.78, 5) is 0. The lowest BCUT2D eigenvalue weighted by Gasteiger charge is -2.31. The van der Waals surface area contributed by atoms with E-state index in [1.807, 2.05) is 0 Å². The lowest BCUT2D eigenvalue weighted by Crippen LogP contribution is -2.26. The maximum atomic E-state index is 2.61. The molecule has 0 radical (unpaired) electrons. The highest BCUT2D eigenvalue weighted by atomic mass is 14.5. The summed E-state index contributed by atoms with van der Waals surface area (Å²) in [5.41, 5.74) is 17.8.